The van der Waals surface area contributed by atoms with Gasteiger partial charge in [0.05, 0.1) is 18.2 Å². The molecule has 0 bridgehead atoms. The van der Waals surface area contributed by atoms with Crippen molar-refractivity contribution in [2.45, 2.75) is 13.1 Å². The third-order valence-electron chi connectivity index (χ3n) is 5.08. The first-order chi connectivity index (χ1) is 16.7. The van der Waals surface area contributed by atoms with Crippen LogP contribution in [0.5, 0.6) is 23.1 Å². The van der Waals surface area contributed by atoms with Crippen LogP contribution in [0.25, 0.3) is 10.9 Å². The van der Waals surface area contributed by atoms with Crippen molar-refractivity contribution in [3.05, 3.63) is 83.9 Å². The molecule has 0 aliphatic rings. The van der Waals surface area contributed by atoms with Gasteiger partial charge in [0.1, 0.15) is 17.2 Å². The average molecular weight is 485 g/mol. The third-order valence-corrected chi connectivity index (χ3v) is 5.08. The van der Waals surface area contributed by atoms with E-state index in [1.807, 2.05) is 0 Å². The summed E-state index contributed by atoms with van der Waals surface area (Å²) in [6, 6.07) is 16.6. The van der Waals surface area contributed by atoms with E-state index < -0.39 is 24.0 Å². The van der Waals surface area contributed by atoms with Gasteiger partial charge in [-0.3, -0.25) is 0 Å². The van der Waals surface area contributed by atoms with E-state index >= 15 is 0 Å². The van der Waals surface area contributed by atoms with Crippen molar-refractivity contribution in [3.8, 4) is 23.1 Å². The number of alkyl halides is 3. The number of fused-ring (bicyclic) bond motifs is 1. The summed E-state index contributed by atoms with van der Waals surface area (Å²) in [6.07, 6.45) is -6.62. The molecule has 0 amide bonds. The predicted molar refractivity (Wildman–Crippen MR) is 119 cm³/mol. The first-order valence-corrected chi connectivity index (χ1v) is 10.2. The van der Waals surface area contributed by atoms with Crippen molar-refractivity contribution >= 4 is 23.2 Å². The second-order valence-electron chi connectivity index (χ2n) is 7.30. The molecule has 180 valence electrons. The third kappa shape index (κ3) is 5.06. The number of benzene rings is 3. The van der Waals surface area contributed by atoms with E-state index in [4.69, 9.17) is 18.9 Å². The van der Waals surface area contributed by atoms with Crippen LogP contribution in [0.4, 0.5) is 22.8 Å². The highest BCUT2D eigenvalue weighted by atomic mass is 19.4. The van der Waals surface area contributed by atoms with Crippen molar-refractivity contribution in [2.75, 3.05) is 7.11 Å². The Balaban J connectivity index is 1.60. The molecule has 3 aromatic carbocycles. The number of hydrogen-bond acceptors (Lipinski definition) is 6. The van der Waals surface area contributed by atoms with E-state index in [2.05, 4.69) is 0 Å². The van der Waals surface area contributed by atoms with Gasteiger partial charge in [-0.2, -0.15) is 13.2 Å². The zero-order chi connectivity index (χ0) is 25.2. The lowest BCUT2D eigenvalue weighted by Gasteiger charge is -2.11. The normalized spacial score (nSPS) is 11.2. The van der Waals surface area contributed by atoms with Crippen LogP contribution in [-0.4, -0.2) is 23.9 Å². The summed E-state index contributed by atoms with van der Waals surface area (Å²) < 4.78 is 60.1. The van der Waals surface area contributed by atoms with Crippen LogP contribution in [-0.2, 0) is 6.18 Å². The van der Waals surface area contributed by atoms with Gasteiger partial charge < -0.3 is 18.9 Å². The fourth-order valence-electron chi connectivity index (χ4n) is 3.38. The molecule has 0 saturated carbocycles. The summed E-state index contributed by atoms with van der Waals surface area (Å²) in [5.41, 5.74) is -0.0204. The largest absolute Gasteiger partial charge is 0.520 e. The number of carbonyl (C=O) groups is 2. The summed E-state index contributed by atoms with van der Waals surface area (Å²) in [5.74, 6) is 0.484. The topological polar surface area (TPSA) is 76.0 Å². The molecule has 1 heterocycles. The van der Waals surface area contributed by atoms with Crippen LogP contribution < -0.4 is 18.9 Å². The molecule has 0 spiro atoms. The SMILES string of the molecule is COc1ccc(OC(=O)n2c(OC(=O)Oc3ccc(C(F)(F)F)cc3)c(C)c3ccccc32)cc1. The van der Waals surface area contributed by atoms with Crippen LogP contribution in [0, 0.1) is 6.92 Å². The second-order valence-corrected chi connectivity index (χ2v) is 7.30. The van der Waals surface area contributed by atoms with E-state index in [0.717, 1.165) is 28.8 Å². The first kappa shape index (κ1) is 23.7. The Hall–Kier alpha value is -4.47. The number of hydrogen-bond donors (Lipinski definition) is 0. The molecule has 0 unspecified atom stereocenters. The van der Waals surface area contributed by atoms with Crippen LogP contribution in [0.1, 0.15) is 11.1 Å². The predicted octanol–water partition coefficient (Wildman–Crippen LogP) is 6.60. The molecule has 0 radical (unpaired) electrons. The van der Waals surface area contributed by atoms with Gasteiger partial charge in [-0.15, -0.1) is 0 Å². The Morgan fingerprint density at radius 2 is 1.34 bits per heavy atom. The van der Waals surface area contributed by atoms with Crippen LogP contribution in [0.2, 0.25) is 0 Å². The Kier molecular flexibility index (Phi) is 6.37. The number of aromatic nitrogens is 1. The minimum absolute atomic E-state index is 0.151. The molecule has 0 aliphatic carbocycles. The van der Waals surface area contributed by atoms with E-state index in [-0.39, 0.29) is 17.4 Å². The molecule has 0 N–H and O–H groups in total. The summed E-state index contributed by atoms with van der Waals surface area (Å²) in [6.45, 7) is 1.64. The summed E-state index contributed by atoms with van der Waals surface area (Å²) in [5, 5.41) is 0.622. The molecule has 1 aromatic heterocycles. The molecule has 4 rings (SSSR count). The van der Waals surface area contributed by atoms with Crippen LogP contribution in [0.3, 0.4) is 0 Å². The Labute approximate surface area is 197 Å². The molecule has 7 nitrogen and oxygen atoms in total. The molecule has 0 saturated heterocycles. The molecule has 4 aromatic rings. The van der Waals surface area contributed by atoms with E-state index in [0.29, 0.717) is 22.2 Å². The van der Waals surface area contributed by atoms with Crippen molar-refractivity contribution in [3.63, 3.8) is 0 Å². The quantitative estimate of drug-likeness (QED) is 0.239. The van der Waals surface area contributed by atoms with Crippen LogP contribution in [0.15, 0.2) is 72.8 Å². The second kappa shape index (κ2) is 9.41. The maximum Gasteiger partial charge on any atom is 0.520 e. The highest BCUT2D eigenvalue weighted by Gasteiger charge is 2.30. The fraction of sp³-hybridized carbons (Fsp3) is 0.120. The minimum atomic E-state index is -4.53. The lowest BCUT2D eigenvalue weighted by molar-refractivity contribution is -0.137. The number of halogens is 3. The summed E-state index contributed by atoms with van der Waals surface area (Å²) in [7, 11) is 1.50. The Morgan fingerprint density at radius 1 is 0.771 bits per heavy atom. The number of ether oxygens (including phenoxy) is 4. The molecule has 35 heavy (non-hydrogen) atoms. The van der Waals surface area contributed by atoms with Gasteiger partial charge in [0.2, 0.25) is 5.88 Å². The molecule has 10 heteroatoms. The maximum atomic E-state index is 13.1. The van der Waals surface area contributed by atoms with E-state index in [9.17, 15) is 22.8 Å². The maximum absolute atomic E-state index is 13.1. The number of nitrogens with zero attached hydrogens (tertiary/aromatic N) is 1. The molecule has 0 fully saturated rings. The van der Waals surface area contributed by atoms with Crippen molar-refractivity contribution in [2.24, 2.45) is 0 Å². The molecular formula is C25H18F3NO6. The van der Waals surface area contributed by atoms with Crippen LogP contribution >= 0.6 is 0 Å². The summed E-state index contributed by atoms with van der Waals surface area (Å²) >= 11 is 0. The van der Waals surface area contributed by atoms with Gasteiger partial charge >= 0.3 is 18.4 Å². The lowest BCUT2D eigenvalue weighted by Crippen LogP contribution is -2.22. The zero-order valence-electron chi connectivity index (χ0n) is 18.5. The number of rotatable bonds is 4. The number of carbonyl (C=O) groups excluding carboxylic acids is 2. The van der Waals surface area contributed by atoms with Gasteiger partial charge in [-0.1, -0.05) is 18.2 Å². The van der Waals surface area contributed by atoms with Gasteiger partial charge in [-0.05, 0) is 61.5 Å². The van der Waals surface area contributed by atoms with Crippen molar-refractivity contribution in [1.29, 1.82) is 0 Å². The highest BCUT2D eigenvalue weighted by Crippen LogP contribution is 2.33. The van der Waals surface area contributed by atoms with Crippen molar-refractivity contribution in [1.82, 2.24) is 4.57 Å². The minimum Gasteiger partial charge on any atom is -0.497 e. The Bertz CT molecular complexity index is 1380. The fourth-order valence-corrected chi connectivity index (χ4v) is 3.38. The number of methoxy groups -OCH3 is 1. The summed E-state index contributed by atoms with van der Waals surface area (Å²) in [4.78, 5) is 25.5. The highest BCUT2D eigenvalue weighted by molar-refractivity contribution is 5.96. The van der Waals surface area contributed by atoms with Gasteiger partial charge in [0.15, 0.2) is 0 Å². The first-order valence-electron chi connectivity index (χ1n) is 10.2. The smallest absolute Gasteiger partial charge is 0.497 e. The van der Waals surface area contributed by atoms with E-state index in [1.54, 1.807) is 43.3 Å². The average Bonchev–Trinajstić information content (AvgIpc) is 3.11. The number of aryl methyl sites for hydroxylation is 1. The standard InChI is InChI=1S/C25H18F3NO6/c1-15-20-5-3-4-6-21(20)29(23(30)33-18-13-11-17(32-2)12-14-18)22(15)35-24(31)34-19-9-7-16(8-10-19)25(26,27)28/h3-14H,1-2H3. The monoisotopic (exact) mass is 485 g/mol. The molecule has 0 aliphatic heterocycles. The zero-order valence-corrected chi connectivity index (χ0v) is 18.5. The van der Waals surface area contributed by atoms with Gasteiger partial charge in [0.25, 0.3) is 0 Å². The van der Waals surface area contributed by atoms with E-state index in [1.165, 1.54) is 19.2 Å². The Morgan fingerprint density at radius 3 is 1.97 bits per heavy atom. The van der Waals surface area contributed by atoms with Crippen molar-refractivity contribution < 1.29 is 41.7 Å². The van der Waals surface area contributed by atoms with Gasteiger partial charge in [-0.25, -0.2) is 14.2 Å². The number of para-hydroxylation sites is 1. The molecule has 0 atom stereocenters. The lowest BCUT2D eigenvalue weighted by atomic mass is 10.2. The molecular weight excluding hydrogens is 467 g/mol. The van der Waals surface area contributed by atoms with Gasteiger partial charge in [0, 0.05) is 10.9 Å².